The lowest BCUT2D eigenvalue weighted by molar-refractivity contribution is -0.161. The van der Waals surface area contributed by atoms with E-state index in [1.807, 2.05) is 0 Å². The molecule has 0 bridgehead atoms. The fourth-order valence-electron chi connectivity index (χ4n) is 1.59. The fraction of sp³-hybridized carbons (Fsp3) is 0.889. The Morgan fingerprint density at radius 1 is 1.55 bits per heavy atom. The first-order chi connectivity index (χ1) is 5.15. The molecule has 1 aliphatic heterocycles. The second kappa shape index (κ2) is 3.24. The van der Waals surface area contributed by atoms with Crippen LogP contribution in [0.4, 0.5) is 0 Å². The van der Waals surface area contributed by atoms with Crippen molar-refractivity contribution in [2.45, 2.75) is 39.7 Å². The molecule has 2 nitrogen and oxygen atoms in total. The summed E-state index contributed by atoms with van der Waals surface area (Å²) < 4.78 is 5.18. The molecule has 1 heterocycles. The van der Waals surface area contributed by atoms with E-state index in [9.17, 15) is 4.79 Å². The molecule has 1 saturated heterocycles. The van der Waals surface area contributed by atoms with Crippen molar-refractivity contribution >= 4 is 5.97 Å². The van der Waals surface area contributed by atoms with Crippen LogP contribution >= 0.6 is 0 Å². The van der Waals surface area contributed by atoms with Gasteiger partial charge in [-0.25, -0.2) is 0 Å². The number of hydrogen-bond donors (Lipinski definition) is 0. The number of hydrogen-bond acceptors (Lipinski definition) is 2. The molecule has 11 heavy (non-hydrogen) atoms. The average Bonchev–Trinajstić information content (AvgIpc) is 1.96. The summed E-state index contributed by atoms with van der Waals surface area (Å²) in [5, 5.41) is 0. The van der Waals surface area contributed by atoms with Gasteiger partial charge in [0.2, 0.25) is 0 Å². The SMILES string of the molecule is CCC1OC(=O)CC(C)C1C. The summed E-state index contributed by atoms with van der Waals surface area (Å²) in [4.78, 5) is 11.0. The number of esters is 1. The average molecular weight is 156 g/mol. The molecule has 64 valence electrons. The van der Waals surface area contributed by atoms with E-state index in [1.165, 1.54) is 0 Å². The van der Waals surface area contributed by atoms with Crippen molar-refractivity contribution in [3.8, 4) is 0 Å². The number of carbonyl (C=O) groups excluding carboxylic acids is 1. The molecule has 0 aliphatic carbocycles. The van der Waals surface area contributed by atoms with Gasteiger partial charge in [-0.2, -0.15) is 0 Å². The largest absolute Gasteiger partial charge is 0.462 e. The van der Waals surface area contributed by atoms with Gasteiger partial charge in [-0.1, -0.05) is 20.8 Å². The molecule has 0 spiro atoms. The van der Waals surface area contributed by atoms with Crippen molar-refractivity contribution in [1.29, 1.82) is 0 Å². The molecule has 0 radical (unpaired) electrons. The Kier molecular flexibility index (Phi) is 2.53. The summed E-state index contributed by atoms with van der Waals surface area (Å²) >= 11 is 0. The van der Waals surface area contributed by atoms with Crippen LogP contribution in [0.5, 0.6) is 0 Å². The normalized spacial score (nSPS) is 38.5. The quantitative estimate of drug-likeness (QED) is 0.543. The molecule has 0 amide bonds. The van der Waals surface area contributed by atoms with Gasteiger partial charge in [-0.05, 0) is 18.3 Å². The predicted octanol–water partition coefficient (Wildman–Crippen LogP) is 1.98. The highest BCUT2D eigenvalue weighted by Crippen LogP contribution is 2.28. The van der Waals surface area contributed by atoms with Crippen LogP contribution in [0, 0.1) is 11.8 Å². The topological polar surface area (TPSA) is 26.3 Å². The van der Waals surface area contributed by atoms with Crippen LogP contribution in [0.1, 0.15) is 33.6 Å². The van der Waals surface area contributed by atoms with Gasteiger partial charge < -0.3 is 4.74 Å². The van der Waals surface area contributed by atoms with Crippen LogP contribution in [0.15, 0.2) is 0 Å². The van der Waals surface area contributed by atoms with Crippen LogP contribution in [0.25, 0.3) is 0 Å². The highest BCUT2D eigenvalue weighted by Gasteiger charge is 2.31. The van der Waals surface area contributed by atoms with Crippen LogP contribution in [0.3, 0.4) is 0 Å². The lowest BCUT2D eigenvalue weighted by Crippen LogP contribution is -2.35. The second-order valence-corrected chi connectivity index (χ2v) is 3.48. The maximum Gasteiger partial charge on any atom is 0.306 e. The minimum absolute atomic E-state index is 0.0255. The first-order valence-electron chi connectivity index (χ1n) is 4.34. The van der Waals surface area contributed by atoms with Crippen molar-refractivity contribution in [2.24, 2.45) is 11.8 Å². The van der Waals surface area contributed by atoms with Gasteiger partial charge >= 0.3 is 5.97 Å². The number of carbonyl (C=O) groups is 1. The maximum absolute atomic E-state index is 11.0. The van der Waals surface area contributed by atoms with Crippen molar-refractivity contribution in [2.75, 3.05) is 0 Å². The summed E-state index contributed by atoms with van der Waals surface area (Å²) in [5.41, 5.74) is 0. The van der Waals surface area contributed by atoms with Crippen LogP contribution in [0.2, 0.25) is 0 Å². The molecular formula is C9H16O2. The van der Waals surface area contributed by atoms with E-state index in [2.05, 4.69) is 20.8 Å². The molecule has 0 aromatic carbocycles. The van der Waals surface area contributed by atoms with E-state index in [0.717, 1.165) is 6.42 Å². The lowest BCUT2D eigenvalue weighted by Gasteiger charge is -2.32. The van der Waals surface area contributed by atoms with Gasteiger partial charge in [0.15, 0.2) is 0 Å². The Morgan fingerprint density at radius 2 is 2.18 bits per heavy atom. The molecule has 1 fully saturated rings. The molecule has 3 atom stereocenters. The minimum Gasteiger partial charge on any atom is -0.462 e. The van der Waals surface area contributed by atoms with Crippen molar-refractivity contribution in [3.05, 3.63) is 0 Å². The van der Waals surface area contributed by atoms with Gasteiger partial charge in [-0.3, -0.25) is 4.79 Å². The monoisotopic (exact) mass is 156 g/mol. The molecule has 2 heteroatoms. The maximum atomic E-state index is 11.0. The Hall–Kier alpha value is -0.530. The Labute approximate surface area is 67.9 Å². The molecule has 0 N–H and O–H groups in total. The minimum atomic E-state index is -0.0255. The first-order valence-corrected chi connectivity index (χ1v) is 4.34. The third kappa shape index (κ3) is 1.73. The summed E-state index contributed by atoms with van der Waals surface area (Å²) in [6, 6.07) is 0. The molecule has 0 aromatic rings. The third-order valence-corrected chi connectivity index (χ3v) is 2.66. The van der Waals surface area contributed by atoms with Crippen LogP contribution < -0.4 is 0 Å². The summed E-state index contributed by atoms with van der Waals surface area (Å²) in [5.74, 6) is 0.987. The molecular weight excluding hydrogens is 140 g/mol. The zero-order chi connectivity index (χ0) is 8.43. The summed E-state index contributed by atoms with van der Waals surface area (Å²) in [6.07, 6.45) is 1.70. The standard InChI is InChI=1S/C9H16O2/c1-4-8-7(3)6(2)5-9(10)11-8/h6-8H,4-5H2,1-3H3. The zero-order valence-corrected chi connectivity index (χ0v) is 7.46. The van der Waals surface area contributed by atoms with Gasteiger partial charge in [0.05, 0.1) is 0 Å². The van der Waals surface area contributed by atoms with Crippen molar-refractivity contribution in [1.82, 2.24) is 0 Å². The highest BCUT2D eigenvalue weighted by molar-refractivity contribution is 5.70. The molecule has 0 saturated carbocycles. The van der Waals surface area contributed by atoms with Crippen LogP contribution in [-0.4, -0.2) is 12.1 Å². The van der Waals surface area contributed by atoms with Crippen molar-refractivity contribution < 1.29 is 9.53 Å². The predicted molar refractivity (Wildman–Crippen MR) is 43.1 cm³/mol. The fourth-order valence-corrected chi connectivity index (χ4v) is 1.59. The van der Waals surface area contributed by atoms with E-state index in [-0.39, 0.29) is 12.1 Å². The van der Waals surface area contributed by atoms with Gasteiger partial charge in [0, 0.05) is 6.42 Å². The number of ether oxygens (including phenoxy) is 1. The molecule has 1 rings (SSSR count). The van der Waals surface area contributed by atoms with E-state index in [1.54, 1.807) is 0 Å². The van der Waals surface area contributed by atoms with E-state index in [0.29, 0.717) is 18.3 Å². The van der Waals surface area contributed by atoms with Gasteiger partial charge in [0.1, 0.15) is 6.10 Å². The molecule has 1 aliphatic rings. The Balaban J connectivity index is 2.58. The Bertz CT molecular complexity index is 154. The highest BCUT2D eigenvalue weighted by atomic mass is 16.5. The van der Waals surface area contributed by atoms with Gasteiger partial charge in [0.25, 0.3) is 0 Å². The second-order valence-electron chi connectivity index (χ2n) is 3.48. The number of rotatable bonds is 1. The van der Waals surface area contributed by atoms with Crippen LogP contribution in [-0.2, 0) is 9.53 Å². The van der Waals surface area contributed by atoms with Gasteiger partial charge in [-0.15, -0.1) is 0 Å². The number of cyclic esters (lactones) is 1. The van der Waals surface area contributed by atoms with E-state index in [4.69, 9.17) is 4.74 Å². The van der Waals surface area contributed by atoms with Crippen molar-refractivity contribution in [3.63, 3.8) is 0 Å². The summed E-state index contributed by atoms with van der Waals surface area (Å²) in [7, 11) is 0. The Morgan fingerprint density at radius 3 is 2.73 bits per heavy atom. The third-order valence-electron chi connectivity index (χ3n) is 2.66. The molecule has 0 aromatic heterocycles. The zero-order valence-electron chi connectivity index (χ0n) is 7.46. The lowest BCUT2D eigenvalue weighted by atomic mass is 9.85. The van der Waals surface area contributed by atoms with E-state index < -0.39 is 0 Å². The summed E-state index contributed by atoms with van der Waals surface area (Å²) in [6.45, 7) is 6.34. The van der Waals surface area contributed by atoms with E-state index >= 15 is 0 Å². The smallest absolute Gasteiger partial charge is 0.306 e. The molecule has 3 unspecified atom stereocenters. The first kappa shape index (κ1) is 8.57.